The lowest BCUT2D eigenvalue weighted by molar-refractivity contribution is 0.102. The van der Waals surface area contributed by atoms with Crippen LogP contribution in [0.3, 0.4) is 0 Å². The van der Waals surface area contributed by atoms with E-state index in [9.17, 15) is 4.79 Å². The average Bonchev–Trinajstić information content (AvgIpc) is 3.06. The van der Waals surface area contributed by atoms with Gasteiger partial charge in [0, 0.05) is 6.20 Å². The Morgan fingerprint density at radius 3 is 2.62 bits per heavy atom. The smallest absolute Gasteiger partial charge is 0.221 e. The van der Waals surface area contributed by atoms with Crippen LogP contribution in [0, 0.1) is 6.92 Å². The molecule has 3 rings (SSSR count). The van der Waals surface area contributed by atoms with Gasteiger partial charge in [0.15, 0.2) is 5.76 Å². The number of allylic oxidation sites excluding steroid dienone is 1. The number of rotatable bonds is 6. The molecule has 0 radical (unpaired) electrons. The second-order valence-electron chi connectivity index (χ2n) is 5.29. The van der Waals surface area contributed by atoms with Crippen molar-refractivity contribution in [1.29, 1.82) is 0 Å². The molecule has 0 unspecified atom stereocenters. The summed E-state index contributed by atoms with van der Waals surface area (Å²) in [6.07, 6.45) is 4.99. The van der Waals surface area contributed by atoms with Crippen LogP contribution in [0.4, 0.5) is 0 Å². The second-order valence-corrected chi connectivity index (χ2v) is 5.29. The first kappa shape index (κ1) is 15.7. The highest BCUT2D eigenvalue weighted by molar-refractivity contribution is 6.04. The lowest BCUT2D eigenvalue weighted by Crippen LogP contribution is -1.97. The summed E-state index contributed by atoms with van der Waals surface area (Å²) in [5.74, 6) is 1.67. The minimum atomic E-state index is -0.154. The first-order valence-electron chi connectivity index (χ1n) is 7.62. The molecule has 4 nitrogen and oxygen atoms in total. The molecular formula is C20H17NO3. The molecule has 2 heterocycles. The molecule has 4 heteroatoms. The molecule has 120 valence electrons. The van der Waals surface area contributed by atoms with E-state index in [-0.39, 0.29) is 5.78 Å². The Morgan fingerprint density at radius 1 is 1.12 bits per heavy atom. The van der Waals surface area contributed by atoms with E-state index in [2.05, 4.69) is 4.98 Å². The summed E-state index contributed by atoms with van der Waals surface area (Å²) in [6, 6.07) is 16.7. The molecule has 0 saturated carbocycles. The number of ketones is 1. The van der Waals surface area contributed by atoms with Crippen molar-refractivity contribution >= 4 is 11.9 Å². The average molecular weight is 319 g/mol. The Bertz CT molecular complexity index is 833. The van der Waals surface area contributed by atoms with Crippen LogP contribution in [0.15, 0.2) is 71.3 Å². The number of aromatic nitrogens is 1. The fraction of sp³-hybridized carbons (Fsp3) is 0.100. The van der Waals surface area contributed by atoms with Crippen molar-refractivity contribution in [1.82, 2.24) is 4.98 Å². The fourth-order valence-electron chi connectivity index (χ4n) is 2.14. The van der Waals surface area contributed by atoms with Crippen LogP contribution in [-0.4, -0.2) is 10.8 Å². The van der Waals surface area contributed by atoms with Gasteiger partial charge in [0.25, 0.3) is 0 Å². The molecule has 24 heavy (non-hydrogen) atoms. The fourth-order valence-corrected chi connectivity index (χ4v) is 2.14. The number of hydrogen-bond acceptors (Lipinski definition) is 4. The quantitative estimate of drug-likeness (QED) is 0.497. The highest BCUT2D eigenvalue weighted by Crippen LogP contribution is 2.15. The Balaban J connectivity index is 1.58. The first-order chi connectivity index (χ1) is 11.7. The van der Waals surface area contributed by atoms with Crippen LogP contribution >= 0.6 is 0 Å². The summed E-state index contributed by atoms with van der Waals surface area (Å²) >= 11 is 0. The van der Waals surface area contributed by atoms with Gasteiger partial charge in [-0.05, 0) is 55.0 Å². The van der Waals surface area contributed by atoms with E-state index < -0.39 is 0 Å². The zero-order valence-corrected chi connectivity index (χ0v) is 13.3. The van der Waals surface area contributed by atoms with Crippen molar-refractivity contribution in [2.75, 3.05) is 0 Å². The summed E-state index contributed by atoms with van der Waals surface area (Å²) in [4.78, 5) is 16.2. The molecule has 0 aliphatic rings. The molecule has 0 saturated heterocycles. The van der Waals surface area contributed by atoms with Crippen molar-refractivity contribution < 1.29 is 13.9 Å². The maximum Gasteiger partial charge on any atom is 0.221 e. The number of pyridine rings is 1. The van der Waals surface area contributed by atoms with E-state index in [0.29, 0.717) is 12.4 Å². The number of carbonyl (C=O) groups excluding carboxylic acids is 1. The molecule has 1 aromatic carbocycles. The summed E-state index contributed by atoms with van der Waals surface area (Å²) in [7, 11) is 0. The highest BCUT2D eigenvalue weighted by atomic mass is 16.5. The zero-order chi connectivity index (χ0) is 16.8. The Morgan fingerprint density at radius 2 is 1.96 bits per heavy atom. The second kappa shape index (κ2) is 7.42. The molecule has 0 amide bonds. The summed E-state index contributed by atoms with van der Waals surface area (Å²) in [5, 5.41) is 0. The number of benzene rings is 1. The summed E-state index contributed by atoms with van der Waals surface area (Å²) in [5.41, 5.74) is 1.79. The van der Waals surface area contributed by atoms with Gasteiger partial charge in [-0.2, -0.15) is 0 Å². The van der Waals surface area contributed by atoms with Gasteiger partial charge in [-0.15, -0.1) is 0 Å². The summed E-state index contributed by atoms with van der Waals surface area (Å²) < 4.78 is 11.0. The van der Waals surface area contributed by atoms with Crippen molar-refractivity contribution in [3.8, 4) is 5.75 Å². The Kier molecular flexibility index (Phi) is 4.87. The third kappa shape index (κ3) is 4.20. The largest absolute Gasteiger partial charge is 0.487 e. The molecule has 3 aromatic rings. The number of ether oxygens (including phenoxy) is 1. The molecule has 0 spiro atoms. The van der Waals surface area contributed by atoms with Gasteiger partial charge < -0.3 is 9.15 Å². The molecule has 0 aliphatic carbocycles. The van der Waals surface area contributed by atoms with Gasteiger partial charge in [-0.25, -0.2) is 0 Å². The maximum atomic E-state index is 11.9. The minimum Gasteiger partial charge on any atom is -0.487 e. The van der Waals surface area contributed by atoms with E-state index in [1.54, 1.807) is 24.4 Å². The molecule has 0 atom stereocenters. The molecule has 0 bridgehead atoms. The normalized spacial score (nSPS) is 10.9. The predicted octanol–water partition coefficient (Wildman–Crippen LogP) is 4.46. The number of nitrogens with zero attached hydrogens (tertiary/aromatic N) is 1. The van der Waals surface area contributed by atoms with Gasteiger partial charge >= 0.3 is 0 Å². The van der Waals surface area contributed by atoms with Gasteiger partial charge in [0.1, 0.15) is 18.1 Å². The van der Waals surface area contributed by atoms with Crippen LogP contribution in [0.2, 0.25) is 0 Å². The number of furan rings is 1. The predicted molar refractivity (Wildman–Crippen MR) is 91.8 cm³/mol. The summed E-state index contributed by atoms with van der Waals surface area (Å²) in [6.45, 7) is 2.23. The first-order valence-corrected chi connectivity index (χ1v) is 7.62. The van der Waals surface area contributed by atoms with Crippen LogP contribution < -0.4 is 4.74 Å². The van der Waals surface area contributed by atoms with Crippen LogP contribution in [0.5, 0.6) is 5.75 Å². The van der Waals surface area contributed by atoms with Gasteiger partial charge in [-0.3, -0.25) is 9.78 Å². The molecule has 0 N–H and O–H groups in total. The lowest BCUT2D eigenvalue weighted by Gasteiger charge is -2.05. The number of hydrogen-bond donors (Lipinski definition) is 0. The van der Waals surface area contributed by atoms with Gasteiger partial charge in [-0.1, -0.05) is 24.3 Å². The van der Waals surface area contributed by atoms with Crippen LogP contribution in [-0.2, 0) is 6.61 Å². The Labute approximate surface area is 140 Å². The van der Waals surface area contributed by atoms with Crippen LogP contribution in [0.25, 0.3) is 6.08 Å². The minimum absolute atomic E-state index is 0.154. The molecular weight excluding hydrogens is 302 g/mol. The lowest BCUT2D eigenvalue weighted by atomic mass is 10.2. The molecule has 0 aliphatic heterocycles. The van der Waals surface area contributed by atoms with Crippen molar-refractivity contribution in [2.45, 2.75) is 13.5 Å². The maximum absolute atomic E-state index is 11.9. The van der Waals surface area contributed by atoms with Crippen molar-refractivity contribution in [3.63, 3.8) is 0 Å². The van der Waals surface area contributed by atoms with E-state index in [1.807, 2.05) is 49.4 Å². The SMILES string of the molecule is Cc1ccc(C(=O)C=Cc2ccc(OCc3ccccn3)cc2)o1. The third-order valence-corrected chi connectivity index (χ3v) is 3.40. The highest BCUT2D eigenvalue weighted by Gasteiger charge is 2.05. The monoisotopic (exact) mass is 319 g/mol. The van der Waals surface area contributed by atoms with Crippen molar-refractivity contribution in [2.24, 2.45) is 0 Å². The number of aryl methyl sites for hydroxylation is 1. The van der Waals surface area contributed by atoms with E-state index in [0.717, 1.165) is 22.8 Å². The topological polar surface area (TPSA) is 52.3 Å². The van der Waals surface area contributed by atoms with E-state index >= 15 is 0 Å². The third-order valence-electron chi connectivity index (χ3n) is 3.40. The van der Waals surface area contributed by atoms with Crippen molar-refractivity contribution in [3.05, 3.63) is 89.6 Å². The zero-order valence-electron chi connectivity index (χ0n) is 13.3. The number of carbonyl (C=O) groups is 1. The molecule has 0 fully saturated rings. The van der Waals surface area contributed by atoms with E-state index in [1.165, 1.54) is 6.08 Å². The standard InChI is InChI=1S/C20H17NO3/c1-15-5-12-20(24-15)19(22)11-8-16-6-9-18(10-7-16)23-14-17-4-2-3-13-21-17/h2-13H,14H2,1H3. The van der Waals surface area contributed by atoms with E-state index in [4.69, 9.17) is 9.15 Å². The Hall–Kier alpha value is -3.14. The van der Waals surface area contributed by atoms with Gasteiger partial charge in [0.05, 0.1) is 5.69 Å². The molecule has 2 aromatic heterocycles. The van der Waals surface area contributed by atoms with Gasteiger partial charge in [0.2, 0.25) is 5.78 Å². The van der Waals surface area contributed by atoms with Crippen LogP contribution in [0.1, 0.15) is 27.6 Å².